The van der Waals surface area contributed by atoms with Gasteiger partial charge in [-0.1, -0.05) is 17.7 Å². The fraction of sp³-hybridized carbons (Fsp3) is 0.350. The summed E-state index contributed by atoms with van der Waals surface area (Å²) < 4.78 is 0. The van der Waals surface area contributed by atoms with Gasteiger partial charge in [0.2, 0.25) is 0 Å². The largest absolute Gasteiger partial charge is 0.378 e. The van der Waals surface area contributed by atoms with Crippen LogP contribution in [0.25, 0.3) is 0 Å². The number of urea groups is 1. The summed E-state index contributed by atoms with van der Waals surface area (Å²) in [5, 5.41) is 3.63. The molecule has 1 aliphatic rings. The Hall–Kier alpha value is -2.40. The molecule has 2 amide bonds. The summed E-state index contributed by atoms with van der Waals surface area (Å²) in [5.74, 6) is 0. The first-order chi connectivity index (χ1) is 12.5. The predicted octanol–water partition coefficient (Wildman–Crippen LogP) is 4.07. The molecule has 0 atom stereocenters. The number of carbonyl (C=O) groups excluding carboxylic acids is 1. The van der Waals surface area contributed by atoms with Crippen molar-refractivity contribution in [3.63, 3.8) is 0 Å². The first kappa shape index (κ1) is 18.4. The van der Waals surface area contributed by atoms with Gasteiger partial charge in [0.15, 0.2) is 0 Å². The molecule has 1 N–H and O–H groups in total. The van der Waals surface area contributed by atoms with Gasteiger partial charge in [-0.3, -0.25) is 0 Å². The maximum absolute atomic E-state index is 12.5. The molecule has 1 saturated heterocycles. The van der Waals surface area contributed by atoms with Crippen molar-refractivity contribution in [2.45, 2.75) is 6.92 Å². The molecule has 26 heavy (non-hydrogen) atoms. The van der Waals surface area contributed by atoms with Gasteiger partial charge in [0.25, 0.3) is 0 Å². The van der Waals surface area contributed by atoms with Crippen molar-refractivity contribution < 1.29 is 4.79 Å². The number of benzene rings is 2. The third-order valence-corrected chi connectivity index (χ3v) is 5.22. The van der Waals surface area contributed by atoms with Gasteiger partial charge in [-0.15, -0.1) is 0 Å². The maximum Gasteiger partial charge on any atom is 0.321 e. The fourth-order valence-electron chi connectivity index (χ4n) is 3.07. The molecule has 0 aliphatic carbocycles. The highest BCUT2D eigenvalue weighted by Crippen LogP contribution is 2.24. The second-order valence-electron chi connectivity index (χ2n) is 6.73. The predicted molar refractivity (Wildman–Crippen MR) is 110 cm³/mol. The van der Waals surface area contributed by atoms with Gasteiger partial charge >= 0.3 is 6.03 Å². The summed E-state index contributed by atoms with van der Waals surface area (Å²) in [6.07, 6.45) is 0. The van der Waals surface area contributed by atoms with E-state index in [9.17, 15) is 4.79 Å². The number of halogens is 1. The zero-order valence-electron chi connectivity index (χ0n) is 15.5. The summed E-state index contributed by atoms with van der Waals surface area (Å²) >= 11 is 6.13. The van der Waals surface area contributed by atoms with Crippen LogP contribution in [0.2, 0.25) is 5.02 Å². The smallest absolute Gasteiger partial charge is 0.321 e. The lowest BCUT2D eigenvalue weighted by Gasteiger charge is -2.36. The van der Waals surface area contributed by atoms with E-state index in [2.05, 4.69) is 39.4 Å². The average Bonchev–Trinajstić information content (AvgIpc) is 2.65. The molecule has 0 spiro atoms. The Balaban J connectivity index is 1.57. The number of amides is 2. The molecule has 0 saturated carbocycles. The molecule has 2 aromatic carbocycles. The van der Waals surface area contributed by atoms with Crippen molar-refractivity contribution >= 4 is 34.7 Å². The molecule has 0 unspecified atom stereocenters. The van der Waals surface area contributed by atoms with Gasteiger partial charge in [0.1, 0.15) is 0 Å². The molecule has 6 heteroatoms. The van der Waals surface area contributed by atoms with Crippen LogP contribution >= 0.6 is 11.6 Å². The summed E-state index contributed by atoms with van der Waals surface area (Å²) in [6, 6.07) is 14.0. The van der Waals surface area contributed by atoms with Crippen molar-refractivity contribution in [1.82, 2.24) is 4.90 Å². The molecule has 0 aromatic heterocycles. The van der Waals surface area contributed by atoms with Gasteiger partial charge in [-0.2, -0.15) is 0 Å². The zero-order chi connectivity index (χ0) is 18.7. The van der Waals surface area contributed by atoms with Crippen molar-refractivity contribution in [1.29, 1.82) is 0 Å². The van der Waals surface area contributed by atoms with E-state index < -0.39 is 0 Å². The number of piperazine rings is 1. The van der Waals surface area contributed by atoms with E-state index in [0.717, 1.165) is 24.3 Å². The lowest BCUT2D eigenvalue weighted by Crippen LogP contribution is -2.50. The average molecular weight is 373 g/mol. The Morgan fingerprint density at radius 3 is 2.31 bits per heavy atom. The number of nitrogens with one attached hydrogen (secondary N) is 1. The van der Waals surface area contributed by atoms with Gasteiger partial charge in [0, 0.05) is 62.4 Å². The third-order valence-electron chi connectivity index (χ3n) is 4.81. The van der Waals surface area contributed by atoms with Crippen LogP contribution in [0.4, 0.5) is 21.9 Å². The molecular formula is C20H25ClN4O. The van der Waals surface area contributed by atoms with Crippen LogP contribution in [0, 0.1) is 6.92 Å². The van der Waals surface area contributed by atoms with Crippen molar-refractivity contribution in [2.75, 3.05) is 55.4 Å². The molecular weight excluding hydrogens is 348 g/mol. The van der Waals surface area contributed by atoms with Crippen molar-refractivity contribution in [3.05, 3.63) is 53.1 Å². The lowest BCUT2D eigenvalue weighted by molar-refractivity contribution is 0.208. The Kier molecular flexibility index (Phi) is 5.57. The summed E-state index contributed by atoms with van der Waals surface area (Å²) in [7, 11) is 4.07. The lowest BCUT2D eigenvalue weighted by atomic mass is 10.2. The number of nitrogens with zero attached hydrogens (tertiary/aromatic N) is 3. The highest BCUT2D eigenvalue weighted by molar-refractivity contribution is 6.31. The van der Waals surface area contributed by atoms with Crippen LogP contribution in [0.1, 0.15) is 5.56 Å². The summed E-state index contributed by atoms with van der Waals surface area (Å²) in [4.78, 5) is 18.8. The van der Waals surface area contributed by atoms with E-state index in [1.54, 1.807) is 0 Å². The molecule has 1 fully saturated rings. The van der Waals surface area contributed by atoms with E-state index in [1.807, 2.05) is 44.1 Å². The second-order valence-corrected chi connectivity index (χ2v) is 7.13. The maximum atomic E-state index is 12.5. The monoisotopic (exact) mass is 372 g/mol. The third kappa shape index (κ3) is 4.05. The summed E-state index contributed by atoms with van der Waals surface area (Å²) in [6.45, 7) is 4.95. The van der Waals surface area contributed by atoms with Crippen molar-refractivity contribution in [3.8, 4) is 0 Å². The zero-order valence-corrected chi connectivity index (χ0v) is 16.3. The van der Waals surface area contributed by atoms with Crippen molar-refractivity contribution in [2.24, 2.45) is 0 Å². The van der Waals surface area contributed by atoms with Crippen LogP contribution in [-0.2, 0) is 0 Å². The Bertz CT molecular complexity index is 768. The number of hydrogen-bond donors (Lipinski definition) is 1. The number of anilines is 3. The minimum absolute atomic E-state index is 0.0713. The van der Waals surface area contributed by atoms with Gasteiger partial charge in [-0.25, -0.2) is 4.79 Å². The topological polar surface area (TPSA) is 38.8 Å². The van der Waals surface area contributed by atoms with E-state index in [1.165, 1.54) is 11.4 Å². The van der Waals surface area contributed by atoms with Crippen LogP contribution in [0.5, 0.6) is 0 Å². The highest BCUT2D eigenvalue weighted by Gasteiger charge is 2.22. The normalized spacial score (nSPS) is 14.3. The molecule has 138 valence electrons. The van der Waals surface area contributed by atoms with Gasteiger partial charge in [0.05, 0.1) is 0 Å². The van der Waals surface area contributed by atoms with Crippen LogP contribution in [0.15, 0.2) is 42.5 Å². The van der Waals surface area contributed by atoms with E-state index in [4.69, 9.17) is 11.6 Å². The molecule has 0 radical (unpaired) electrons. The van der Waals surface area contributed by atoms with E-state index in [0.29, 0.717) is 18.1 Å². The quantitative estimate of drug-likeness (QED) is 0.882. The minimum Gasteiger partial charge on any atom is -0.378 e. The second kappa shape index (κ2) is 7.87. The molecule has 3 rings (SSSR count). The highest BCUT2D eigenvalue weighted by atomic mass is 35.5. The SMILES string of the molecule is Cc1c(Cl)cccc1NC(=O)N1CCN(c2ccc(N(C)C)cc2)CC1. The standard InChI is InChI=1S/C20H25ClN4O/c1-15-18(21)5-4-6-19(15)22-20(26)25-13-11-24(12-14-25)17-9-7-16(8-10-17)23(2)3/h4-10H,11-14H2,1-3H3,(H,22,26). The minimum atomic E-state index is -0.0713. The molecule has 1 aliphatic heterocycles. The fourth-order valence-corrected chi connectivity index (χ4v) is 3.24. The molecule has 1 heterocycles. The first-order valence-corrected chi connectivity index (χ1v) is 9.17. The molecule has 2 aromatic rings. The molecule has 0 bridgehead atoms. The number of hydrogen-bond acceptors (Lipinski definition) is 3. The number of carbonyl (C=O) groups is 1. The van der Waals surface area contributed by atoms with Gasteiger partial charge in [-0.05, 0) is 48.9 Å². The van der Waals surface area contributed by atoms with E-state index in [-0.39, 0.29) is 6.03 Å². The van der Waals surface area contributed by atoms with E-state index >= 15 is 0 Å². The number of rotatable bonds is 3. The van der Waals surface area contributed by atoms with Gasteiger partial charge < -0.3 is 20.0 Å². The van der Waals surface area contributed by atoms with Crippen LogP contribution < -0.4 is 15.1 Å². The Morgan fingerprint density at radius 1 is 1.04 bits per heavy atom. The van der Waals surface area contributed by atoms with Crippen LogP contribution in [-0.4, -0.2) is 51.2 Å². The molecule has 5 nitrogen and oxygen atoms in total. The van der Waals surface area contributed by atoms with Crippen LogP contribution in [0.3, 0.4) is 0 Å². The Labute approximate surface area is 160 Å². The first-order valence-electron chi connectivity index (χ1n) is 8.79. The summed E-state index contributed by atoms with van der Waals surface area (Å²) in [5.41, 5.74) is 4.04. The Morgan fingerprint density at radius 2 is 1.69 bits per heavy atom.